The fraction of sp³-hybridized carbons (Fsp3) is 0.910. The molecule has 0 aliphatic carbocycles. The molecule has 19 heteroatoms. The van der Waals surface area contributed by atoms with E-state index < -0.39 is 97.5 Å². The van der Waals surface area contributed by atoms with Gasteiger partial charge in [0.15, 0.2) is 12.2 Å². The number of hydrogen-bond acceptors (Lipinski definition) is 15. The Bertz CT molecular complexity index is 2130. The van der Waals surface area contributed by atoms with Crippen LogP contribution in [0, 0.1) is 0 Å². The zero-order chi connectivity index (χ0) is 78.9. The molecule has 0 aromatic heterocycles. The first-order chi connectivity index (χ1) is 52.7. The highest BCUT2D eigenvalue weighted by molar-refractivity contribution is 7.47. The maximum atomic E-state index is 13.2. The number of ether oxygens (including phenoxy) is 4. The van der Waals surface area contributed by atoms with Crippen LogP contribution in [-0.2, 0) is 65.4 Å². The van der Waals surface area contributed by atoms with E-state index in [0.717, 1.165) is 103 Å². The molecule has 0 fully saturated rings. The Labute approximate surface area is 663 Å². The van der Waals surface area contributed by atoms with Crippen LogP contribution in [0.1, 0.15) is 464 Å². The van der Waals surface area contributed by atoms with Gasteiger partial charge in [-0.05, 0) is 51.4 Å². The Balaban J connectivity index is 5.25. The predicted octanol–water partition coefficient (Wildman–Crippen LogP) is 27.2. The fourth-order valence-electron chi connectivity index (χ4n) is 13.5. The first kappa shape index (κ1) is 106. The van der Waals surface area contributed by atoms with Gasteiger partial charge in [-0.25, -0.2) is 9.13 Å². The van der Waals surface area contributed by atoms with Gasteiger partial charge >= 0.3 is 39.5 Å². The fourth-order valence-corrected chi connectivity index (χ4v) is 15.1. The number of phosphoric ester groups is 2. The van der Waals surface area contributed by atoms with Gasteiger partial charge in [0.25, 0.3) is 0 Å². The van der Waals surface area contributed by atoms with Crippen molar-refractivity contribution >= 4 is 39.5 Å². The molecule has 17 nitrogen and oxygen atoms in total. The van der Waals surface area contributed by atoms with E-state index in [4.69, 9.17) is 37.0 Å². The number of rotatable bonds is 88. The molecule has 0 saturated heterocycles. The third-order valence-corrected chi connectivity index (χ3v) is 22.4. The van der Waals surface area contributed by atoms with Gasteiger partial charge in [0.05, 0.1) is 26.4 Å². The first-order valence-electron chi connectivity index (χ1n) is 45.6. The molecule has 0 aromatic carbocycles. The average Bonchev–Trinajstić information content (AvgIpc) is 0.901. The highest BCUT2D eigenvalue weighted by atomic mass is 31.2. The zero-order valence-electron chi connectivity index (χ0n) is 70.3. The summed E-state index contributed by atoms with van der Waals surface area (Å²) in [5, 5.41) is 10.7. The van der Waals surface area contributed by atoms with Crippen LogP contribution in [0.25, 0.3) is 0 Å². The molecule has 0 aliphatic heterocycles. The van der Waals surface area contributed by atoms with Crippen molar-refractivity contribution in [2.45, 2.75) is 483 Å². The number of carbonyl (C=O) groups excluding carboxylic acids is 4. The van der Waals surface area contributed by atoms with Gasteiger partial charge < -0.3 is 33.8 Å². The molecule has 0 aromatic rings. The van der Waals surface area contributed by atoms with Crippen LogP contribution in [-0.4, -0.2) is 96.7 Å². The molecule has 0 saturated carbocycles. The minimum atomic E-state index is -4.97. The van der Waals surface area contributed by atoms with E-state index in [-0.39, 0.29) is 25.7 Å². The summed E-state index contributed by atoms with van der Waals surface area (Å²) in [4.78, 5) is 73.3. The van der Waals surface area contributed by atoms with E-state index in [0.29, 0.717) is 25.7 Å². The van der Waals surface area contributed by atoms with Gasteiger partial charge in [-0.3, -0.25) is 37.3 Å². The van der Waals surface area contributed by atoms with Crippen LogP contribution in [0.3, 0.4) is 0 Å². The third-order valence-electron chi connectivity index (χ3n) is 20.5. The largest absolute Gasteiger partial charge is 0.472 e. The number of unbranched alkanes of at least 4 members (excludes halogenated alkanes) is 59. The van der Waals surface area contributed by atoms with Crippen molar-refractivity contribution in [3.63, 3.8) is 0 Å². The Morgan fingerprint density at radius 1 is 0.259 bits per heavy atom. The molecule has 0 rings (SSSR count). The average molecular weight is 1570 g/mol. The normalized spacial score (nSPS) is 13.8. The molecular weight excluding hydrogens is 1400 g/mol. The van der Waals surface area contributed by atoms with Crippen molar-refractivity contribution in [2.24, 2.45) is 0 Å². The van der Waals surface area contributed by atoms with Crippen LogP contribution in [0.15, 0.2) is 24.3 Å². The molecule has 0 radical (unpaired) electrons. The number of phosphoric acid groups is 2. The summed E-state index contributed by atoms with van der Waals surface area (Å²) >= 11 is 0. The molecule has 3 N–H and O–H groups in total. The van der Waals surface area contributed by atoms with Gasteiger partial charge in [0.2, 0.25) is 0 Å². The predicted molar refractivity (Wildman–Crippen MR) is 446 cm³/mol. The molecule has 108 heavy (non-hydrogen) atoms. The number of hydrogen-bond donors (Lipinski definition) is 3. The summed E-state index contributed by atoms with van der Waals surface area (Å²) in [6.07, 6.45) is 81.5. The lowest BCUT2D eigenvalue weighted by Crippen LogP contribution is -2.30. The summed E-state index contributed by atoms with van der Waals surface area (Å²) in [6.45, 7) is 5.00. The summed E-state index contributed by atoms with van der Waals surface area (Å²) < 4.78 is 68.9. The van der Waals surface area contributed by atoms with Crippen LogP contribution >= 0.6 is 15.6 Å². The van der Waals surface area contributed by atoms with Crippen molar-refractivity contribution in [3.05, 3.63) is 24.3 Å². The molecule has 0 spiro atoms. The minimum Gasteiger partial charge on any atom is -0.462 e. The van der Waals surface area contributed by atoms with Crippen LogP contribution in [0.5, 0.6) is 0 Å². The molecule has 0 bridgehead atoms. The van der Waals surface area contributed by atoms with Gasteiger partial charge in [0.1, 0.15) is 19.3 Å². The van der Waals surface area contributed by atoms with E-state index in [2.05, 4.69) is 52.0 Å². The second-order valence-electron chi connectivity index (χ2n) is 31.3. The monoisotopic (exact) mass is 1570 g/mol. The van der Waals surface area contributed by atoms with Crippen molar-refractivity contribution in [1.82, 2.24) is 0 Å². The Hall–Kier alpha value is -2.46. The van der Waals surface area contributed by atoms with E-state index in [9.17, 15) is 43.2 Å². The molecule has 5 atom stereocenters. The second-order valence-corrected chi connectivity index (χ2v) is 34.2. The number of aliphatic hydroxyl groups is 1. The first-order valence-corrected chi connectivity index (χ1v) is 48.6. The summed E-state index contributed by atoms with van der Waals surface area (Å²) in [6, 6.07) is 0. The van der Waals surface area contributed by atoms with Crippen molar-refractivity contribution in [2.75, 3.05) is 39.6 Å². The highest BCUT2D eigenvalue weighted by Gasteiger charge is 2.30. The maximum Gasteiger partial charge on any atom is 0.472 e. The Kier molecular flexibility index (Phi) is 80.6. The molecule has 0 aliphatic rings. The molecule has 0 heterocycles. The quantitative estimate of drug-likeness (QED) is 0.0169. The van der Waals surface area contributed by atoms with E-state index >= 15 is 0 Å². The SMILES string of the molecule is CCCCCC/C=C\C=C/CCCCCCCC(=O)O[C@H](COC(=O)CCCCCCCCCCCCC)COP(=O)(O)OC[C@H](O)COP(=O)(O)OC[C@@H](COC(=O)CCCCCCCCCCCCCCCCCCCCCCC)OC(=O)CCCCCCCCCCCCCCCCCCCCCCC. The topological polar surface area (TPSA) is 237 Å². The minimum absolute atomic E-state index is 0.0860. The maximum absolute atomic E-state index is 13.2. The van der Waals surface area contributed by atoms with Crippen LogP contribution in [0.4, 0.5) is 0 Å². The van der Waals surface area contributed by atoms with E-state index in [1.165, 1.54) is 283 Å². The molecular formula is C89H170O17P2. The smallest absolute Gasteiger partial charge is 0.462 e. The van der Waals surface area contributed by atoms with Gasteiger partial charge in [-0.2, -0.15) is 0 Å². The lowest BCUT2D eigenvalue weighted by molar-refractivity contribution is -0.161. The third kappa shape index (κ3) is 81.6. The van der Waals surface area contributed by atoms with Crippen molar-refractivity contribution < 1.29 is 80.2 Å². The van der Waals surface area contributed by atoms with E-state index in [1.54, 1.807) is 0 Å². The second kappa shape index (κ2) is 82.5. The number of esters is 4. The van der Waals surface area contributed by atoms with E-state index in [1.807, 2.05) is 0 Å². The lowest BCUT2D eigenvalue weighted by Gasteiger charge is -2.21. The molecule has 638 valence electrons. The summed E-state index contributed by atoms with van der Waals surface area (Å²) in [5.41, 5.74) is 0. The van der Waals surface area contributed by atoms with Gasteiger partial charge in [-0.1, -0.05) is 412 Å². The van der Waals surface area contributed by atoms with Crippen LogP contribution < -0.4 is 0 Å². The van der Waals surface area contributed by atoms with Crippen LogP contribution in [0.2, 0.25) is 0 Å². The Morgan fingerprint density at radius 2 is 0.444 bits per heavy atom. The summed E-state index contributed by atoms with van der Waals surface area (Å²) in [5.74, 6) is -2.13. The highest BCUT2D eigenvalue weighted by Crippen LogP contribution is 2.45. The lowest BCUT2D eigenvalue weighted by atomic mass is 10.0. The molecule has 0 amide bonds. The standard InChI is InChI=1S/C89H170O17P2/c1-5-9-13-17-21-25-29-32-35-37-39-41-43-45-48-50-54-58-62-66-70-74-87(92)100-80-85(106-89(94)76-72-68-64-60-56-52-49-46-44-42-40-38-36-33-30-26-22-18-14-10-6-2)82-104-108(97,98)102-78-83(90)77-101-107(95,96)103-81-84(79-99-86(91)73-69-65-61-57-53-28-24-20-16-12-8-4)105-88(93)75-71-67-63-59-55-51-47-34-31-27-23-19-15-11-7-3/h27,31,34,47,83-85,90H,5-26,28-30,32-33,35-46,48-82H2,1-4H3,(H,95,96)(H,97,98)/b31-27-,47-34-/t83-,84+,85+/m0/s1. The number of aliphatic hydroxyl groups excluding tert-OH is 1. The number of allylic oxidation sites excluding steroid dienone is 4. The van der Waals surface area contributed by atoms with Gasteiger partial charge in [-0.15, -0.1) is 0 Å². The summed E-state index contributed by atoms with van der Waals surface area (Å²) in [7, 11) is -9.94. The molecule has 2 unspecified atom stereocenters. The van der Waals surface area contributed by atoms with Crippen molar-refractivity contribution in [1.29, 1.82) is 0 Å². The Morgan fingerprint density at radius 3 is 0.676 bits per heavy atom. The zero-order valence-corrected chi connectivity index (χ0v) is 72.1. The van der Waals surface area contributed by atoms with Crippen molar-refractivity contribution in [3.8, 4) is 0 Å². The van der Waals surface area contributed by atoms with Gasteiger partial charge in [0, 0.05) is 25.7 Å². The number of carbonyl (C=O) groups is 4.